The van der Waals surface area contributed by atoms with Gasteiger partial charge in [0.1, 0.15) is 5.82 Å². The lowest BCUT2D eigenvalue weighted by atomic mass is 9.96. The molecule has 138 valence electrons. The van der Waals surface area contributed by atoms with Crippen molar-refractivity contribution in [2.24, 2.45) is 0 Å². The molecule has 1 saturated heterocycles. The smallest absolute Gasteiger partial charge is 0.165 e. The Morgan fingerprint density at radius 2 is 2.26 bits per heavy atom. The van der Waals surface area contributed by atoms with E-state index >= 15 is 0 Å². The van der Waals surface area contributed by atoms with Crippen LogP contribution in [0.2, 0.25) is 0 Å². The van der Waals surface area contributed by atoms with Crippen LogP contribution < -0.4 is 10.6 Å². The lowest BCUT2D eigenvalue weighted by Gasteiger charge is -2.23. The van der Waals surface area contributed by atoms with Crippen LogP contribution >= 0.6 is 11.3 Å². The Hall–Kier alpha value is -2.71. The molecule has 0 spiro atoms. The largest absolute Gasteiger partial charge is 0.332 e. The summed E-state index contributed by atoms with van der Waals surface area (Å²) in [6.45, 7) is 4.16. The van der Waals surface area contributed by atoms with Gasteiger partial charge in [0, 0.05) is 35.9 Å². The predicted molar refractivity (Wildman–Crippen MR) is 108 cm³/mol. The third-order valence-corrected chi connectivity index (χ3v) is 5.96. The molecule has 0 saturated carbocycles. The summed E-state index contributed by atoms with van der Waals surface area (Å²) in [6.07, 6.45) is 7.88. The molecule has 3 N–H and O–H groups in total. The van der Waals surface area contributed by atoms with Crippen molar-refractivity contribution in [1.82, 2.24) is 30.1 Å². The summed E-state index contributed by atoms with van der Waals surface area (Å²) < 4.78 is 1.89. The number of hydrogen-bond acceptors (Lipinski definition) is 6. The summed E-state index contributed by atoms with van der Waals surface area (Å²) in [5.41, 5.74) is 5.20. The number of nitrogens with zero attached hydrogens (tertiary/aromatic N) is 4. The Kier molecular flexibility index (Phi) is 4.14. The number of aryl methyl sites for hydroxylation is 1. The molecule has 1 atom stereocenters. The number of aromatic amines is 1. The van der Waals surface area contributed by atoms with Crippen molar-refractivity contribution in [3.63, 3.8) is 0 Å². The SMILES string of the molecule is Cc1csc(Nc2cc(C3CCCNC3)nc3c(-c4cn[nH]c4)cnn23)c1. The third kappa shape index (κ3) is 3.11. The number of H-pyrrole nitrogens is 1. The van der Waals surface area contributed by atoms with Crippen molar-refractivity contribution in [2.75, 3.05) is 18.4 Å². The van der Waals surface area contributed by atoms with E-state index < -0.39 is 0 Å². The van der Waals surface area contributed by atoms with E-state index in [1.165, 1.54) is 12.0 Å². The fourth-order valence-corrected chi connectivity index (χ4v) is 4.41. The van der Waals surface area contributed by atoms with E-state index in [2.05, 4.69) is 50.4 Å². The molecule has 0 bridgehead atoms. The molecule has 7 nitrogen and oxygen atoms in total. The molecule has 1 fully saturated rings. The summed E-state index contributed by atoms with van der Waals surface area (Å²) >= 11 is 1.70. The van der Waals surface area contributed by atoms with E-state index in [1.54, 1.807) is 11.3 Å². The van der Waals surface area contributed by atoms with Gasteiger partial charge in [-0.25, -0.2) is 4.98 Å². The molecule has 1 aliphatic rings. The average Bonchev–Trinajstić information content (AvgIpc) is 3.43. The van der Waals surface area contributed by atoms with Crippen LogP contribution in [0, 0.1) is 6.92 Å². The maximum Gasteiger partial charge on any atom is 0.165 e. The average molecular weight is 379 g/mol. The number of rotatable bonds is 4. The highest BCUT2D eigenvalue weighted by Gasteiger charge is 2.21. The van der Waals surface area contributed by atoms with Crippen LogP contribution in [0.5, 0.6) is 0 Å². The van der Waals surface area contributed by atoms with E-state index in [4.69, 9.17) is 4.98 Å². The number of anilines is 2. The van der Waals surface area contributed by atoms with Crippen molar-refractivity contribution in [3.8, 4) is 11.1 Å². The molecular formula is C19H21N7S. The summed E-state index contributed by atoms with van der Waals surface area (Å²) in [6, 6.07) is 4.30. The van der Waals surface area contributed by atoms with Gasteiger partial charge in [0.15, 0.2) is 5.65 Å². The quantitative estimate of drug-likeness (QED) is 0.504. The number of hydrogen-bond donors (Lipinski definition) is 3. The highest BCUT2D eigenvalue weighted by Crippen LogP contribution is 2.31. The second kappa shape index (κ2) is 6.79. The zero-order chi connectivity index (χ0) is 18.2. The second-order valence-corrected chi connectivity index (χ2v) is 7.91. The maximum absolute atomic E-state index is 5.00. The molecule has 4 aromatic heterocycles. The van der Waals surface area contributed by atoms with E-state index in [0.29, 0.717) is 5.92 Å². The molecule has 8 heteroatoms. The third-order valence-electron chi connectivity index (χ3n) is 5.00. The van der Waals surface area contributed by atoms with Crippen molar-refractivity contribution >= 4 is 27.8 Å². The van der Waals surface area contributed by atoms with Gasteiger partial charge in [-0.3, -0.25) is 5.10 Å². The Labute approximate surface area is 160 Å². The first kappa shape index (κ1) is 16.5. The fraction of sp³-hybridized carbons (Fsp3) is 0.316. The summed E-state index contributed by atoms with van der Waals surface area (Å²) in [7, 11) is 0. The van der Waals surface area contributed by atoms with Crippen molar-refractivity contribution in [2.45, 2.75) is 25.7 Å². The second-order valence-electron chi connectivity index (χ2n) is 7.00. The topological polar surface area (TPSA) is 82.9 Å². The van der Waals surface area contributed by atoms with Gasteiger partial charge < -0.3 is 10.6 Å². The van der Waals surface area contributed by atoms with Gasteiger partial charge in [-0.1, -0.05) is 0 Å². The first-order valence-corrected chi connectivity index (χ1v) is 10.1. The highest BCUT2D eigenvalue weighted by molar-refractivity contribution is 7.14. The first-order valence-electron chi connectivity index (χ1n) is 9.18. The molecule has 27 heavy (non-hydrogen) atoms. The Morgan fingerprint density at radius 3 is 3.00 bits per heavy atom. The zero-order valence-corrected chi connectivity index (χ0v) is 15.9. The van der Waals surface area contributed by atoms with E-state index in [-0.39, 0.29) is 0 Å². The summed E-state index contributed by atoms with van der Waals surface area (Å²) in [4.78, 5) is 5.00. The molecule has 5 rings (SSSR count). The van der Waals surface area contributed by atoms with Gasteiger partial charge in [-0.15, -0.1) is 11.3 Å². The maximum atomic E-state index is 5.00. The first-order chi connectivity index (χ1) is 13.3. The van der Waals surface area contributed by atoms with Crippen LogP contribution in [0.15, 0.2) is 36.1 Å². The van der Waals surface area contributed by atoms with E-state index in [1.807, 2.05) is 23.1 Å². The zero-order valence-electron chi connectivity index (χ0n) is 15.1. The van der Waals surface area contributed by atoms with Gasteiger partial charge in [0.25, 0.3) is 0 Å². The lowest BCUT2D eigenvalue weighted by molar-refractivity contribution is 0.455. The van der Waals surface area contributed by atoms with Crippen molar-refractivity contribution < 1.29 is 0 Å². The monoisotopic (exact) mass is 379 g/mol. The van der Waals surface area contributed by atoms with Gasteiger partial charge in [-0.05, 0) is 43.3 Å². The van der Waals surface area contributed by atoms with Crippen molar-refractivity contribution in [3.05, 3.63) is 47.4 Å². The minimum absolute atomic E-state index is 0.418. The van der Waals surface area contributed by atoms with E-state index in [9.17, 15) is 0 Å². The summed E-state index contributed by atoms with van der Waals surface area (Å²) in [5, 5.41) is 21.8. The number of piperidine rings is 1. The van der Waals surface area contributed by atoms with Crippen LogP contribution in [0.3, 0.4) is 0 Å². The number of aromatic nitrogens is 5. The number of fused-ring (bicyclic) bond motifs is 1. The molecular weight excluding hydrogens is 358 g/mol. The van der Waals surface area contributed by atoms with Crippen LogP contribution in [0.25, 0.3) is 16.8 Å². The molecule has 4 aromatic rings. The Balaban J connectivity index is 1.64. The normalized spacial score (nSPS) is 17.4. The van der Waals surface area contributed by atoms with Crippen LogP contribution in [-0.2, 0) is 0 Å². The number of nitrogens with one attached hydrogen (secondary N) is 3. The van der Waals surface area contributed by atoms with Gasteiger partial charge in [0.05, 0.1) is 23.1 Å². The Morgan fingerprint density at radius 1 is 1.30 bits per heavy atom. The molecule has 0 aliphatic carbocycles. The highest BCUT2D eigenvalue weighted by atomic mass is 32.1. The van der Waals surface area contributed by atoms with Crippen molar-refractivity contribution in [1.29, 1.82) is 0 Å². The standard InChI is InChI=1S/C19H21N7S/c1-12-5-18(27-11-12)25-17-6-16(13-3-2-4-20-7-13)24-19-15(10-23-26(17)19)14-8-21-22-9-14/h5-6,8-11,13,20,25H,2-4,7H2,1H3,(H,21,22). The lowest BCUT2D eigenvalue weighted by Crippen LogP contribution is -2.29. The molecule has 0 radical (unpaired) electrons. The van der Waals surface area contributed by atoms with Gasteiger partial charge in [-0.2, -0.15) is 14.7 Å². The Bertz CT molecular complexity index is 1060. The fourth-order valence-electron chi connectivity index (χ4n) is 3.61. The minimum atomic E-state index is 0.418. The molecule has 1 unspecified atom stereocenters. The van der Waals surface area contributed by atoms with Crippen LogP contribution in [-0.4, -0.2) is 37.9 Å². The van der Waals surface area contributed by atoms with Gasteiger partial charge in [0.2, 0.25) is 0 Å². The summed E-state index contributed by atoms with van der Waals surface area (Å²) in [5.74, 6) is 1.36. The molecule has 0 aromatic carbocycles. The van der Waals surface area contributed by atoms with E-state index in [0.717, 1.165) is 52.8 Å². The minimum Gasteiger partial charge on any atom is -0.332 e. The van der Waals surface area contributed by atoms with Crippen LogP contribution in [0.1, 0.15) is 30.0 Å². The van der Waals surface area contributed by atoms with Gasteiger partial charge >= 0.3 is 0 Å². The molecule has 5 heterocycles. The molecule has 1 aliphatic heterocycles. The molecule has 0 amide bonds. The predicted octanol–water partition coefficient (Wildman–Crippen LogP) is 3.70. The number of thiophene rings is 1. The van der Waals surface area contributed by atoms with Crippen LogP contribution in [0.4, 0.5) is 10.8 Å².